The van der Waals surface area contributed by atoms with Gasteiger partial charge in [-0.05, 0) is 92.5 Å². The summed E-state index contributed by atoms with van der Waals surface area (Å²) in [6, 6.07) is 14.7. The van der Waals surface area contributed by atoms with Crippen molar-refractivity contribution in [1.29, 1.82) is 0 Å². The quantitative estimate of drug-likeness (QED) is 0.274. The number of amides is 1. The minimum atomic E-state index is -0.130. The smallest absolute Gasteiger partial charge is 0.274 e. The lowest BCUT2D eigenvalue weighted by atomic mass is 9.99. The molecule has 4 heterocycles. The van der Waals surface area contributed by atoms with Crippen LogP contribution in [0.1, 0.15) is 51.4 Å². The van der Waals surface area contributed by atoms with Crippen LogP contribution in [-0.4, -0.2) is 52.6 Å². The fraction of sp³-hybridized carbons (Fsp3) is 0.382. The van der Waals surface area contributed by atoms with Crippen molar-refractivity contribution < 1.29 is 4.79 Å². The Bertz CT molecular complexity index is 1690. The van der Waals surface area contributed by atoms with Crippen molar-refractivity contribution in [2.75, 3.05) is 41.7 Å². The molecule has 0 spiro atoms. The molecular formula is C34H38N6O2S. The first kappa shape index (κ1) is 27.9. The molecule has 2 N–H and O–H groups in total. The predicted molar refractivity (Wildman–Crippen MR) is 175 cm³/mol. The van der Waals surface area contributed by atoms with Crippen LogP contribution in [0, 0.1) is 6.92 Å². The van der Waals surface area contributed by atoms with Gasteiger partial charge in [-0.2, -0.15) is 0 Å². The first-order valence-electron chi connectivity index (χ1n) is 15.4. The van der Waals surface area contributed by atoms with Crippen LogP contribution in [0.15, 0.2) is 59.7 Å². The van der Waals surface area contributed by atoms with E-state index in [-0.39, 0.29) is 11.5 Å². The highest BCUT2D eigenvalue weighted by atomic mass is 32.1. The van der Waals surface area contributed by atoms with Gasteiger partial charge in [0.1, 0.15) is 11.5 Å². The van der Waals surface area contributed by atoms with E-state index in [2.05, 4.69) is 37.6 Å². The monoisotopic (exact) mass is 594 g/mol. The maximum absolute atomic E-state index is 13.2. The Morgan fingerprint density at radius 1 is 1.00 bits per heavy atom. The molecule has 1 aromatic carbocycles. The molecule has 43 heavy (non-hydrogen) atoms. The van der Waals surface area contributed by atoms with Gasteiger partial charge in [0, 0.05) is 61.6 Å². The molecule has 1 saturated heterocycles. The lowest BCUT2D eigenvalue weighted by Gasteiger charge is -2.36. The number of carbonyl (C=O) groups excluding carboxylic acids is 1. The largest absolute Gasteiger partial charge is 0.368 e. The highest BCUT2D eigenvalue weighted by Crippen LogP contribution is 2.33. The van der Waals surface area contributed by atoms with Gasteiger partial charge in [0.15, 0.2) is 0 Å². The Kier molecular flexibility index (Phi) is 7.53. The van der Waals surface area contributed by atoms with Crippen molar-refractivity contribution >= 4 is 40.1 Å². The van der Waals surface area contributed by atoms with Crippen LogP contribution >= 0.6 is 11.3 Å². The number of pyridine rings is 2. The van der Waals surface area contributed by atoms with Crippen LogP contribution in [0.3, 0.4) is 0 Å². The van der Waals surface area contributed by atoms with E-state index in [0.29, 0.717) is 11.5 Å². The number of aryl methyl sites for hydroxylation is 3. The van der Waals surface area contributed by atoms with Crippen LogP contribution in [0.25, 0.3) is 11.1 Å². The Morgan fingerprint density at radius 2 is 1.81 bits per heavy atom. The van der Waals surface area contributed by atoms with Gasteiger partial charge in [-0.15, -0.1) is 11.3 Å². The Morgan fingerprint density at radius 3 is 2.56 bits per heavy atom. The normalized spacial score (nSPS) is 17.0. The zero-order chi connectivity index (χ0) is 29.5. The topological polar surface area (TPSA) is 82.5 Å². The standard InChI is InChI=1S/C34H38N6O2S/c1-22-27(7-5-8-28(22)37-33(41)31-19-23-6-3-4-9-30(23)43-31)24-18-29(34(42)38(2)21-24)36-32-13-12-26(20-35-32)40-16-14-39(15-17-40)25-10-11-25/h5,7-8,12-13,18-21,25H,3-4,6,9-11,14-17H2,1-2H3,(H,35,36)(H,37,41). The number of anilines is 4. The van der Waals surface area contributed by atoms with Gasteiger partial charge in [-0.25, -0.2) is 4.98 Å². The zero-order valence-corrected chi connectivity index (χ0v) is 25.7. The maximum atomic E-state index is 13.2. The summed E-state index contributed by atoms with van der Waals surface area (Å²) in [5.41, 5.74) is 6.32. The Balaban J connectivity index is 1.08. The van der Waals surface area contributed by atoms with Crippen molar-refractivity contribution in [2.24, 2.45) is 7.05 Å². The van der Waals surface area contributed by atoms with Crippen molar-refractivity contribution in [1.82, 2.24) is 14.5 Å². The molecule has 1 aliphatic heterocycles. The van der Waals surface area contributed by atoms with E-state index in [1.165, 1.54) is 36.1 Å². The summed E-state index contributed by atoms with van der Waals surface area (Å²) in [7, 11) is 1.76. The number of hydrogen-bond donors (Lipinski definition) is 2. The Hall–Kier alpha value is -3.95. The summed E-state index contributed by atoms with van der Waals surface area (Å²) in [5.74, 6) is 0.563. The highest BCUT2D eigenvalue weighted by molar-refractivity contribution is 7.14. The van der Waals surface area contributed by atoms with Crippen LogP contribution in [-0.2, 0) is 19.9 Å². The van der Waals surface area contributed by atoms with Gasteiger partial charge in [-0.1, -0.05) is 12.1 Å². The Labute approximate surface area is 256 Å². The van der Waals surface area contributed by atoms with Crippen LogP contribution in [0.4, 0.5) is 22.9 Å². The second-order valence-electron chi connectivity index (χ2n) is 12.0. The van der Waals surface area contributed by atoms with E-state index < -0.39 is 0 Å². The summed E-state index contributed by atoms with van der Waals surface area (Å²) >= 11 is 1.62. The molecule has 1 saturated carbocycles. The van der Waals surface area contributed by atoms with Gasteiger partial charge in [-0.3, -0.25) is 14.5 Å². The summed E-state index contributed by atoms with van der Waals surface area (Å²) in [6.07, 6.45) is 11.0. The average molecular weight is 595 g/mol. The summed E-state index contributed by atoms with van der Waals surface area (Å²) in [6.45, 7) is 6.25. The van der Waals surface area contributed by atoms with Crippen LogP contribution in [0.2, 0.25) is 0 Å². The third-order valence-corrected chi connectivity index (χ3v) is 10.3. The van der Waals surface area contributed by atoms with Crippen molar-refractivity contribution in [2.45, 2.75) is 51.5 Å². The van der Waals surface area contributed by atoms with E-state index in [1.807, 2.05) is 49.6 Å². The molecule has 2 aliphatic carbocycles. The fourth-order valence-corrected chi connectivity index (χ4v) is 7.54. The SMILES string of the molecule is Cc1c(NC(=O)c2cc3c(s2)CCCC3)cccc1-c1cc(Nc2ccc(N3CCN(C4CC4)CC3)cn2)c(=O)n(C)c1. The van der Waals surface area contributed by atoms with Crippen LogP contribution < -0.4 is 21.1 Å². The molecule has 7 rings (SSSR count). The number of fused-ring (bicyclic) bond motifs is 1. The molecule has 3 aliphatic rings. The minimum absolute atomic E-state index is 0.0678. The summed E-state index contributed by atoms with van der Waals surface area (Å²) in [5, 5.41) is 6.40. The summed E-state index contributed by atoms with van der Waals surface area (Å²) < 4.78 is 1.59. The number of carbonyl (C=O) groups is 1. The number of piperazine rings is 1. The maximum Gasteiger partial charge on any atom is 0.274 e. The second-order valence-corrected chi connectivity index (χ2v) is 13.2. The summed E-state index contributed by atoms with van der Waals surface area (Å²) in [4.78, 5) is 38.0. The lowest BCUT2D eigenvalue weighted by molar-refractivity contribution is 0.103. The van der Waals surface area contributed by atoms with E-state index in [1.54, 1.807) is 23.0 Å². The molecule has 1 amide bonds. The number of rotatable bonds is 7. The van der Waals surface area contributed by atoms with Gasteiger partial charge < -0.3 is 20.1 Å². The number of thiophene rings is 1. The average Bonchev–Trinajstić information content (AvgIpc) is 3.78. The second kappa shape index (κ2) is 11.6. The van der Waals surface area contributed by atoms with Crippen molar-refractivity contribution in [3.8, 4) is 11.1 Å². The number of hydrogen-bond acceptors (Lipinski definition) is 7. The van der Waals surface area contributed by atoms with Crippen LogP contribution in [0.5, 0.6) is 0 Å². The molecule has 3 aromatic heterocycles. The van der Waals surface area contributed by atoms with Crippen molar-refractivity contribution in [3.05, 3.63) is 86.1 Å². The van der Waals surface area contributed by atoms with Gasteiger partial charge in [0.25, 0.3) is 11.5 Å². The first-order valence-corrected chi connectivity index (χ1v) is 16.2. The first-order chi connectivity index (χ1) is 20.9. The molecular weight excluding hydrogens is 556 g/mol. The van der Waals surface area contributed by atoms with E-state index in [0.717, 1.165) is 78.0 Å². The highest BCUT2D eigenvalue weighted by Gasteiger charge is 2.31. The molecule has 0 radical (unpaired) electrons. The van der Waals surface area contributed by atoms with Gasteiger partial charge in [0.2, 0.25) is 0 Å². The van der Waals surface area contributed by atoms with Gasteiger partial charge in [0.05, 0.1) is 16.8 Å². The molecule has 4 aromatic rings. The van der Waals surface area contributed by atoms with E-state index in [4.69, 9.17) is 0 Å². The molecule has 9 heteroatoms. The number of nitrogens with zero attached hydrogens (tertiary/aromatic N) is 4. The van der Waals surface area contributed by atoms with Crippen molar-refractivity contribution in [3.63, 3.8) is 0 Å². The van der Waals surface area contributed by atoms with Gasteiger partial charge >= 0.3 is 0 Å². The molecule has 222 valence electrons. The molecule has 0 unspecified atom stereocenters. The van der Waals surface area contributed by atoms with E-state index in [9.17, 15) is 9.59 Å². The third-order valence-electron chi connectivity index (χ3n) is 9.05. The number of nitrogens with one attached hydrogen (secondary N) is 2. The molecule has 0 bridgehead atoms. The zero-order valence-electron chi connectivity index (χ0n) is 24.9. The number of benzene rings is 1. The molecule has 0 atom stereocenters. The molecule has 8 nitrogen and oxygen atoms in total. The number of aromatic nitrogens is 2. The minimum Gasteiger partial charge on any atom is -0.368 e. The lowest BCUT2D eigenvalue weighted by Crippen LogP contribution is -2.47. The van der Waals surface area contributed by atoms with E-state index >= 15 is 0 Å². The molecule has 2 fully saturated rings. The predicted octanol–water partition coefficient (Wildman–Crippen LogP) is 5.98. The third kappa shape index (κ3) is 5.84. The fourth-order valence-electron chi connectivity index (χ4n) is 6.39.